The number of anilines is 2. The lowest BCUT2D eigenvalue weighted by molar-refractivity contribution is -0.382. The maximum atomic E-state index is 10.9. The van der Waals surface area contributed by atoms with E-state index in [-0.39, 0.29) is 10.6 Å². The number of hydrogen-bond acceptors (Lipinski definition) is 5. The van der Waals surface area contributed by atoms with Crippen LogP contribution in [-0.4, -0.2) is 9.91 Å². The van der Waals surface area contributed by atoms with Crippen molar-refractivity contribution < 1.29 is 4.92 Å². The first-order valence-corrected chi connectivity index (χ1v) is 7.42. The average Bonchev–Trinajstić information content (AvgIpc) is 2.92. The summed E-state index contributed by atoms with van der Waals surface area (Å²) < 4.78 is 0.589. The molecule has 0 spiro atoms. The zero-order chi connectivity index (χ0) is 15.2. The first-order chi connectivity index (χ1) is 10.2. The maximum Gasteiger partial charge on any atom is 0.288 e. The van der Waals surface area contributed by atoms with Crippen LogP contribution in [0.4, 0.5) is 16.5 Å². The van der Waals surface area contributed by atoms with Gasteiger partial charge in [-0.25, -0.2) is 4.98 Å². The van der Waals surface area contributed by atoms with Crippen LogP contribution < -0.4 is 5.32 Å². The topological polar surface area (TPSA) is 68.1 Å². The lowest BCUT2D eigenvalue weighted by Crippen LogP contribution is -1.87. The fraction of sp³-hybridized carbons (Fsp3) is 0.133. The normalized spacial score (nSPS) is 9.81. The molecule has 0 saturated heterocycles. The van der Waals surface area contributed by atoms with Crippen molar-refractivity contribution in [1.82, 2.24) is 4.98 Å². The Kier molecular flexibility index (Phi) is 4.84. The van der Waals surface area contributed by atoms with Crippen LogP contribution in [0, 0.1) is 10.1 Å². The third-order valence-corrected chi connectivity index (χ3v) is 3.63. The molecule has 1 N–H and O–H groups in total. The van der Waals surface area contributed by atoms with Gasteiger partial charge in [0.2, 0.25) is 0 Å². The summed E-state index contributed by atoms with van der Waals surface area (Å²) in [5, 5.41) is 14.7. The molecular formula is C15H15N3O2S. The molecule has 0 bridgehead atoms. The van der Waals surface area contributed by atoms with Gasteiger partial charge in [0, 0.05) is 11.8 Å². The van der Waals surface area contributed by atoms with Crippen molar-refractivity contribution in [2.45, 2.75) is 13.8 Å². The SMILES string of the molecule is CC.O=[N+]([O-])c1cccc2nc(Nc3ccccc3)sc12. The van der Waals surface area contributed by atoms with Crippen LogP contribution in [0.5, 0.6) is 0 Å². The molecule has 0 aliphatic rings. The molecule has 5 nitrogen and oxygen atoms in total. The Bertz CT molecular complexity index is 741. The van der Waals surface area contributed by atoms with E-state index < -0.39 is 0 Å². The highest BCUT2D eigenvalue weighted by Crippen LogP contribution is 2.34. The molecule has 0 unspecified atom stereocenters. The molecule has 1 heterocycles. The fourth-order valence-corrected chi connectivity index (χ4v) is 2.75. The van der Waals surface area contributed by atoms with E-state index >= 15 is 0 Å². The highest BCUT2D eigenvalue weighted by Gasteiger charge is 2.15. The predicted octanol–water partition coefficient (Wildman–Crippen LogP) is 4.97. The van der Waals surface area contributed by atoms with Crippen LogP contribution in [0.3, 0.4) is 0 Å². The van der Waals surface area contributed by atoms with E-state index in [1.165, 1.54) is 17.4 Å². The van der Waals surface area contributed by atoms with Gasteiger partial charge in [0.05, 0.1) is 10.4 Å². The largest absolute Gasteiger partial charge is 0.332 e. The van der Waals surface area contributed by atoms with Gasteiger partial charge in [-0.3, -0.25) is 10.1 Å². The van der Waals surface area contributed by atoms with E-state index in [1.54, 1.807) is 12.1 Å². The molecule has 0 aliphatic heterocycles. The molecule has 1 aromatic heterocycles. The van der Waals surface area contributed by atoms with Crippen LogP contribution in [0.1, 0.15) is 13.8 Å². The number of rotatable bonds is 3. The average molecular weight is 301 g/mol. The highest BCUT2D eigenvalue weighted by atomic mass is 32.1. The molecule has 21 heavy (non-hydrogen) atoms. The minimum Gasteiger partial charge on any atom is -0.332 e. The minimum absolute atomic E-state index is 0.0936. The summed E-state index contributed by atoms with van der Waals surface area (Å²) in [6.07, 6.45) is 0. The second kappa shape index (κ2) is 6.81. The number of para-hydroxylation sites is 1. The van der Waals surface area contributed by atoms with Gasteiger partial charge in [0.15, 0.2) is 5.13 Å². The zero-order valence-electron chi connectivity index (χ0n) is 11.7. The third kappa shape index (κ3) is 3.35. The summed E-state index contributed by atoms with van der Waals surface area (Å²) in [4.78, 5) is 14.9. The Morgan fingerprint density at radius 1 is 1.10 bits per heavy atom. The molecule has 0 atom stereocenters. The fourth-order valence-electron chi connectivity index (χ4n) is 1.78. The van der Waals surface area contributed by atoms with Gasteiger partial charge < -0.3 is 5.32 Å². The standard InChI is InChI=1S/C13H9N3O2S.C2H6/c17-16(18)11-8-4-7-10-12(11)19-13(15-10)14-9-5-2-1-3-6-9;1-2/h1-8H,(H,14,15);1-2H3. The van der Waals surface area contributed by atoms with Crippen molar-refractivity contribution in [1.29, 1.82) is 0 Å². The summed E-state index contributed by atoms with van der Waals surface area (Å²) in [6.45, 7) is 4.00. The number of hydrogen-bond donors (Lipinski definition) is 1. The molecule has 6 heteroatoms. The molecule has 3 rings (SSSR count). The molecule has 0 aliphatic carbocycles. The molecule has 0 radical (unpaired) electrons. The summed E-state index contributed by atoms with van der Waals surface area (Å²) in [7, 11) is 0. The Labute approximate surface area is 126 Å². The van der Waals surface area contributed by atoms with Crippen molar-refractivity contribution in [3.8, 4) is 0 Å². The van der Waals surface area contributed by atoms with Crippen LogP contribution >= 0.6 is 11.3 Å². The second-order valence-corrected chi connectivity index (χ2v) is 4.89. The van der Waals surface area contributed by atoms with Crippen molar-refractivity contribution in [2.24, 2.45) is 0 Å². The number of nitro groups is 1. The number of aromatic nitrogens is 1. The first-order valence-electron chi connectivity index (χ1n) is 6.60. The van der Waals surface area contributed by atoms with E-state index in [0.717, 1.165) is 5.69 Å². The maximum absolute atomic E-state index is 10.9. The Balaban J connectivity index is 0.000000774. The van der Waals surface area contributed by atoms with Crippen molar-refractivity contribution in [2.75, 3.05) is 5.32 Å². The third-order valence-electron chi connectivity index (χ3n) is 2.62. The van der Waals surface area contributed by atoms with Gasteiger partial charge in [-0.1, -0.05) is 49.4 Å². The van der Waals surface area contributed by atoms with E-state index in [2.05, 4.69) is 10.3 Å². The summed E-state index contributed by atoms with van der Waals surface area (Å²) >= 11 is 1.28. The van der Waals surface area contributed by atoms with Crippen LogP contribution in [0.2, 0.25) is 0 Å². The number of benzene rings is 2. The second-order valence-electron chi connectivity index (χ2n) is 3.89. The van der Waals surface area contributed by atoms with Crippen molar-refractivity contribution >= 4 is 38.1 Å². The van der Waals surface area contributed by atoms with Gasteiger partial charge in [0.25, 0.3) is 5.69 Å². The van der Waals surface area contributed by atoms with E-state index in [0.29, 0.717) is 15.3 Å². The molecule has 108 valence electrons. The van der Waals surface area contributed by atoms with E-state index in [9.17, 15) is 10.1 Å². The van der Waals surface area contributed by atoms with Gasteiger partial charge >= 0.3 is 0 Å². The van der Waals surface area contributed by atoms with Crippen LogP contribution in [0.15, 0.2) is 48.5 Å². The quantitative estimate of drug-likeness (QED) is 0.547. The Morgan fingerprint density at radius 3 is 2.48 bits per heavy atom. The smallest absolute Gasteiger partial charge is 0.288 e. The van der Waals surface area contributed by atoms with Gasteiger partial charge in [-0.15, -0.1) is 0 Å². The number of thiazole rings is 1. The molecule has 0 saturated carbocycles. The molecular weight excluding hydrogens is 286 g/mol. The lowest BCUT2D eigenvalue weighted by Gasteiger charge is -1.99. The first kappa shape index (κ1) is 14.9. The van der Waals surface area contributed by atoms with Gasteiger partial charge in [0.1, 0.15) is 4.70 Å². The number of nitrogens with zero attached hydrogens (tertiary/aromatic N) is 2. The summed E-state index contributed by atoms with van der Waals surface area (Å²) in [6, 6.07) is 14.5. The van der Waals surface area contributed by atoms with Crippen molar-refractivity contribution in [3.05, 3.63) is 58.6 Å². The number of nitrogens with one attached hydrogen (secondary N) is 1. The minimum atomic E-state index is -0.382. The van der Waals surface area contributed by atoms with Crippen LogP contribution in [0.25, 0.3) is 10.2 Å². The predicted molar refractivity (Wildman–Crippen MR) is 87.3 cm³/mol. The molecule has 0 amide bonds. The molecule has 3 aromatic rings. The Morgan fingerprint density at radius 2 is 1.81 bits per heavy atom. The summed E-state index contributed by atoms with van der Waals surface area (Å²) in [5.74, 6) is 0. The Hall–Kier alpha value is -2.47. The summed E-state index contributed by atoms with van der Waals surface area (Å²) in [5.41, 5.74) is 1.64. The van der Waals surface area contributed by atoms with Crippen molar-refractivity contribution in [3.63, 3.8) is 0 Å². The van der Waals surface area contributed by atoms with Gasteiger partial charge in [-0.05, 0) is 18.2 Å². The zero-order valence-corrected chi connectivity index (χ0v) is 12.6. The number of non-ortho nitro benzene ring substituents is 1. The van der Waals surface area contributed by atoms with E-state index in [1.807, 2.05) is 44.2 Å². The highest BCUT2D eigenvalue weighted by molar-refractivity contribution is 7.22. The number of fused-ring (bicyclic) bond motifs is 1. The number of nitro benzene ring substituents is 1. The molecule has 2 aromatic carbocycles. The monoisotopic (exact) mass is 301 g/mol. The van der Waals surface area contributed by atoms with Crippen LogP contribution in [-0.2, 0) is 0 Å². The molecule has 0 fully saturated rings. The van der Waals surface area contributed by atoms with E-state index in [4.69, 9.17) is 0 Å². The van der Waals surface area contributed by atoms with Gasteiger partial charge in [-0.2, -0.15) is 0 Å². The lowest BCUT2D eigenvalue weighted by atomic mass is 10.3.